The lowest BCUT2D eigenvalue weighted by molar-refractivity contribution is 0.294. The Bertz CT molecular complexity index is 476. The van der Waals surface area contributed by atoms with Crippen LogP contribution in [0.3, 0.4) is 0 Å². The maximum Gasteiger partial charge on any atom is 0.190 e. The van der Waals surface area contributed by atoms with E-state index in [0.717, 1.165) is 0 Å². The van der Waals surface area contributed by atoms with Crippen LogP contribution in [0.15, 0.2) is 36.7 Å². The van der Waals surface area contributed by atoms with Crippen LogP contribution in [-0.4, -0.2) is 9.97 Å². The first-order valence-electron chi connectivity index (χ1n) is 4.70. The van der Waals surface area contributed by atoms with Gasteiger partial charge >= 0.3 is 0 Å². The predicted molar refractivity (Wildman–Crippen MR) is 57.2 cm³/mol. The molecule has 0 aliphatic carbocycles. The van der Waals surface area contributed by atoms with E-state index in [0.29, 0.717) is 5.75 Å². The van der Waals surface area contributed by atoms with E-state index in [9.17, 15) is 4.39 Å². The summed E-state index contributed by atoms with van der Waals surface area (Å²) in [4.78, 5) is 7.29. The highest BCUT2D eigenvalue weighted by Crippen LogP contribution is 2.13. The number of nitrogen functional groups attached to an aromatic ring is 1. The van der Waals surface area contributed by atoms with Crippen LogP contribution in [0.25, 0.3) is 0 Å². The van der Waals surface area contributed by atoms with Gasteiger partial charge in [0.05, 0.1) is 0 Å². The SMILES string of the molecule is Nc1ncnc(COc2ccccc2)c1F. The van der Waals surface area contributed by atoms with Crippen molar-refractivity contribution >= 4 is 5.82 Å². The van der Waals surface area contributed by atoms with Crippen molar-refractivity contribution < 1.29 is 9.13 Å². The highest BCUT2D eigenvalue weighted by atomic mass is 19.1. The Morgan fingerprint density at radius 1 is 1.19 bits per heavy atom. The van der Waals surface area contributed by atoms with Gasteiger partial charge in [-0.3, -0.25) is 0 Å². The summed E-state index contributed by atoms with van der Waals surface area (Å²) in [6.45, 7) is 0.0303. The number of anilines is 1. The Hall–Kier alpha value is -2.17. The van der Waals surface area contributed by atoms with Gasteiger partial charge in [-0.15, -0.1) is 0 Å². The summed E-state index contributed by atoms with van der Waals surface area (Å²) in [6, 6.07) is 9.10. The molecule has 0 fully saturated rings. The zero-order valence-electron chi connectivity index (χ0n) is 8.43. The van der Waals surface area contributed by atoms with Crippen molar-refractivity contribution in [2.75, 3.05) is 5.73 Å². The number of para-hydroxylation sites is 1. The van der Waals surface area contributed by atoms with Crippen molar-refractivity contribution in [2.45, 2.75) is 6.61 Å². The van der Waals surface area contributed by atoms with Gasteiger partial charge in [0.1, 0.15) is 24.4 Å². The van der Waals surface area contributed by atoms with E-state index < -0.39 is 5.82 Å². The molecule has 0 unspecified atom stereocenters. The van der Waals surface area contributed by atoms with Crippen LogP contribution < -0.4 is 10.5 Å². The fourth-order valence-electron chi connectivity index (χ4n) is 1.19. The minimum absolute atomic E-state index is 0.0303. The molecule has 1 aromatic carbocycles. The zero-order chi connectivity index (χ0) is 11.4. The molecule has 1 heterocycles. The van der Waals surface area contributed by atoms with E-state index in [2.05, 4.69) is 9.97 Å². The molecule has 4 nitrogen and oxygen atoms in total. The summed E-state index contributed by atoms with van der Waals surface area (Å²) < 4.78 is 18.7. The summed E-state index contributed by atoms with van der Waals surface area (Å²) in [5, 5.41) is 0. The molecule has 16 heavy (non-hydrogen) atoms. The number of aromatic nitrogens is 2. The van der Waals surface area contributed by atoms with Gasteiger partial charge in [-0.1, -0.05) is 18.2 Å². The Morgan fingerprint density at radius 2 is 1.94 bits per heavy atom. The highest BCUT2D eigenvalue weighted by molar-refractivity contribution is 5.31. The van der Waals surface area contributed by atoms with Crippen molar-refractivity contribution in [2.24, 2.45) is 0 Å². The second kappa shape index (κ2) is 4.57. The summed E-state index contributed by atoms with van der Waals surface area (Å²) in [5.74, 6) is -0.140. The molecule has 2 rings (SSSR count). The molecular formula is C11H10FN3O. The average molecular weight is 219 g/mol. The van der Waals surface area contributed by atoms with Gasteiger partial charge in [0.2, 0.25) is 0 Å². The maximum absolute atomic E-state index is 13.4. The van der Waals surface area contributed by atoms with Crippen LogP contribution in [0.5, 0.6) is 5.75 Å². The van der Waals surface area contributed by atoms with Gasteiger partial charge in [-0.25, -0.2) is 14.4 Å². The number of hydrogen-bond donors (Lipinski definition) is 1. The third kappa shape index (κ3) is 2.25. The summed E-state index contributed by atoms with van der Waals surface area (Å²) >= 11 is 0. The van der Waals surface area contributed by atoms with Gasteiger partial charge < -0.3 is 10.5 Å². The molecule has 82 valence electrons. The Balaban J connectivity index is 2.08. The molecule has 0 amide bonds. The lowest BCUT2D eigenvalue weighted by Gasteiger charge is -2.06. The number of hydrogen-bond acceptors (Lipinski definition) is 4. The molecule has 0 radical (unpaired) electrons. The predicted octanol–water partition coefficient (Wildman–Crippen LogP) is 1.78. The minimum atomic E-state index is -0.626. The van der Waals surface area contributed by atoms with Gasteiger partial charge in [0, 0.05) is 0 Å². The molecule has 0 aliphatic heterocycles. The molecule has 0 saturated heterocycles. The molecule has 0 atom stereocenters. The third-order valence-electron chi connectivity index (χ3n) is 2.01. The normalized spacial score (nSPS) is 10.1. The van der Waals surface area contributed by atoms with Crippen LogP contribution in [-0.2, 0) is 6.61 Å². The van der Waals surface area contributed by atoms with E-state index in [1.54, 1.807) is 12.1 Å². The van der Waals surface area contributed by atoms with Crippen LogP contribution >= 0.6 is 0 Å². The van der Waals surface area contributed by atoms with E-state index in [1.807, 2.05) is 18.2 Å². The van der Waals surface area contributed by atoms with E-state index in [1.165, 1.54) is 6.33 Å². The fourth-order valence-corrected chi connectivity index (χ4v) is 1.19. The standard InChI is InChI=1S/C11H10FN3O/c12-10-9(14-7-15-11(10)13)6-16-8-4-2-1-3-5-8/h1-5,7H,6H2,(H2,13,14,15). The first-order valence-corrected chi connectivity index (χ1v) is 4.70. The largest absolute Gasteiger partial charge is 0.487 e. The molecule has 5 heteroatoms. The lowest BCUT2D eigenvalue weighted by Crippen LogP contribution is -2.06. The van der Waals surface area contributed by atoms with Crippen LogP contribution in [0, 0.1) is 5.82 Å². The van der Waals surface area contributed by atoms with Crippen molar-refractivity contribution in [1.29, 1.82) is 0 Å². The number of halogens is 1. The first-order chi connectivity index (χ1) is 7.77. The maximum atomic E-state index is 13.4. The van der Waals surface area contributed by atoms with Crippen LogP contribution in [0.4, 0.5) is 10.2 Å². The molecule has 1 aromatic heterocycles. The number of rotatable bonds is 3. The molecule has 0 bridgehead atoms. The number of benzene rings is 1. The molecule has 0 aliphatic rings. The van der Waals surface area contributed by atoms with Gasteiger partial charge in [-0.05, 0) is 12.1 Å². The van der Waals surface area contributed by atoms with Crippen molar-refractivity contribution in [3.63, 3.8) is 0 Å². The van der Waals surface area contributed by atoms with E-state index in [-0.39, 0.29) is 18.1 Å². The monoisotopic (exact) mass is 219 g/mol. The number of nitrogens with two attached hydrogens (primary N) is 1. The molecule has 2 aromatic rings. The number of ether oxygens (including phenoxy) is 1. The van der Waals surface area contributed by atoms with Gasteiger partial charge in [-0.2, -0.15) is 0 Å². The van der Waals surface area contributed by atoms with Crippen molar-refractivity contribution in [3.8, 4) is 5.75 Å². The van der Waals surface area contributed by atoms with E-state index in [4.69, 9.17) is 10.5 Å². The van der Waals surface area contributed by atoms with Crippen molar-refractivity contribution in [1.82, 2.24) is 9.97 Å². The second-order valence-electron chi connectivity index (χ2n) is 3.12. The zero-order valence-corrected chi connectivity index (χ0v) is 8.43. The quantitative estimate of drug-likeness (QED) is 0.854. The fraction of sp³-hybridized carbons (Fsp3) is 0.0909. The second-order valence-corrected chi connectivity index (χ2v) is 3.12. The van der Waals surface area contributed by atoms with Gasteiger partial charge in [0.15, 0.2) is 11.6 Å². The Labute approximate surface area is 91.9 Å². The van der Waals surface area contributed by atoms with Crippen molar-refractivity contribution in [3.05, 3.63) is 48.2 Å². The molecule has 0 spiro atoms. The lowest BCUT2D eigenvalue weighted by atomic mass is 10.3. The summed E-state index contributed by atoms with van der Waals surface area (Å²) in [7, 11) is 0. The Kier molecular flexibility index (Phi) is 2.95. The molecular weight excluding hydrogens is 209 g/mol. The van der Waals surface area contributed by atoms with Crippen LogP contribution in [0.2, 0.25) is 0 Å². The van der Waals surface area contributed by atoms with Crippen LogP contribution in [0.1, 0.15) is 5.69 Å². The summed E-state index contributed by atoms with van der Waals surface area (Å²) in [6.07, 6.45) is 1.21. The number of nitrogens with zero attached hydrogens (tertiary/aromatic N) is 2. The Morgan fingerprint density at radius 3 is 2.69 bits per heavy atom. The molecule has 2 N–H and O–H groups in total. The van der Waals surface area contributed by atoms with Gasteiger partial charge in [0.25, 0.3) is 0 Å². The smallest absolute Gasteiger partial charge is 0.190 e. The van der Waals surface area contributed by atoms with E-state index >= 15 is 0 Å². The highest BCUT2D eigenvalue weighted by Gasteiger charge is 2.08. The minimum Gasteiger partial charge on any atom is -0.487 e. The first kappa shape index (κ1) is 10.4. The topological polar surface area (TPSA) is 61.0 Å². The summed E-state index contributed by atoms with van der Waals surface area (Å²) in [5.41, 5.74) is 5.46. The average Bonchev–Trinajstić information content (AvgIpc) is 2.32. The third-order valence-corrected chi connectivity index (χ3v) is 2.01. The molecule has 0 saturated carbocycles.